The number of alkyl halides is 3. The van der Waals surface area contributed by atoms with Crippen LogP contribution in [0.1, 0.15) is 68.0 Å². The molecule has 1 unspecified atom stereocenters. The van der Waals surface area contributed by atoms with Gasteiger partial charge >= 0.3 is 6.18 Å². The fourth-order valence-electron chi connectivity index (χ4n) is 4.49. The summed E-state index contributed by atoms with van der Waals surface area (Å²) in [5.41, 5.74) is 1.43. The van der Waals surface area contributed by atoms with Gasteiger partial charge in [-0.15, -0.1) is 0 Å². The Labute approximate surface area is 238 Å². The van der Waals surface area contributed by atoms with Crippen molar-refractivity contribution in [3.8, 4) is 5.75 Å². The van der Waals surface area contributed by atoms with Crippen LogP contribution in [0.4, 0.5) is 13.2 Å². The molecule has 1 heterocycles. The second-order valence-electron chi connectivity index (χ2n) is 11.0. The van der Waals surface area contributed by atoms with Crippen LogP contribution < -0.4 is 20.1 Å². The number of carbonyl (C=O) groups is 1. The first kappa shape index (κ1) is 30.5. The largest absolute Gasteiger partial charge is 0.493 e. The van der Waals surface area contributed by atoms with E-state index in [-0.39, 0.29) is 28.8 Å². The fourth-order valence-corrected chi connectivity index (χ4v) is 5.72. The van der Waals surface area contributed by atoms with Crippen LogP contribution in [-0.4, -0.2) is 26.5 Å². The summed E-state index contributed by atoms with van der Waals surface area (Å²) in [6.07, 6.45) is -4.26. The molecule has 1 aliphatic heterocycles. The van der Waals surface area contributed by atoms with Crippen LogP contribution in [0.3, 0.4) is 0 Å². The molecule has 0 aliphatic carbocycles. The molecular formula is C30H34F3N3O4S. The SMILES string of the molecule is CC(C)(C)NCc1ccc2c(c1)OCC[C@H]2NC(=O)CC(NS(=O)(=O)c1ccc(C(F)(F)F)cc1)c1ccccc1. The molecule has 4 rings (SSSR count). The molecular weight excluding hydrogens is 555 g/mol. The predicted molar refractivity (Wildman–Crippen MR) is 150 cm³/mol. The second kappa shape index (κ2) is 12.2. The van der Waals surface area contributed by atoms with Gasteiger partial charge in [0.2, 0.25) is 15.9 Å². The number of benzene rings is 3. The molecule has 0 saturated carbocycles. The molecule has 0 bridgehead atoms. The highest BCUT2D eigenvalue weighted by Gasteiger charge is 2.32. The average molecular weight is 590 g/mol. The summed E-state index contributed by atoms with van der Waals surface area (Å²) in [7, 11) is -4.24. The lowest BCUT2D eigenvalue weighted by Gasteiger charge is -2.28. The Morgan fingerprint density at radius 3 is 2.32 bits per heavy atom. The van der Waals surface area contributed by atoms with Gasteiger partial charge in [0, 0.05) is 30.5 Å². The normalized spacial score (nSPS) is 16.4. The van der Waals surface area contributed by atoms with E-state index in [1.54, 1.807) is 30.3 Å². The fraction of sp³-hybridized carbons (Fsp3) is 0.367. The first-order chi connectivity index (χ1) is 19.2. The quantitative estimate of drug-likeness (QED) is 0.300. The molecule has 220 valence electrons. The van der Waals surface area contributed by atoms with Crippen molar-refractivity contribution in [3.63, 3.8) is 0 Å². The van der Waals surface area contributed by atoms with Gasteiger partial charge in [0.05, 0.1) is 29.1 Å². The standard InChI is InChI=1S/C30H34F3N3O4S/c1-29(2,3)34-19-20-9-14-24-25(15-16-40-27(24)17-20)35-28(37)18-26(21-7-5-4-6-8-21)36-41(38,39)23-12-10-22(11-13-23)30(31,32)33/h4-14,17,25-26,34,36H,15-16,18-19H2,1-3H3,(H,35,37)/t25-,26?/m1/s1. The van der Waals surface area contributed by atoms with Crippen molar-refractivity contribution in [2.45, 2.75) is 68.9 Å². The summed E-state index contributed by atoms with van der Waals surface area (Å²) in [5, 5.41) is 6.44. The zero-order valence-electron chi connectivity index (χ0n) is 23.1. The second-order valence-corrected chi connectivity index (χ2v) is 12.8. The number of halogens is 3. The Hall–Kier alpha value is -3.41. The molecule has 3 N–H and O–H groups in total. The number of hydrogen-bond donors (Lipinski definition) is 3. The third kappa shape index (κ3) is 8.31. The molecule has 3 aromatic carbocycles. The summed E-state index contributed by atoms with van der Waals surface area (Å²) in [6, 6.07) is 16.4. The highest BCUT2D eigenvalue weighted by atomic mass is 32.2. The number of ether oxygens (including phenoxy) is 1. The predicted octanol–water partition coefficient (Wildman–Crippen LogP) is 5.64. The van der Waals surface area contributed by atoms with Crippen molar-refractivity contribution in [2.24, 2.45) is 0 Å². The first-order valence-electron chi connectivity index (χ1n) is 13.3. The molecule has 0 radical (unpaired) electrons. The zero-order valence-corrected chi connectivity index (χ0v) is 23.9. The lowest BCUT2D eigenvalue weighted by molar-refractivity contribution is -0.137. The minimum Gasteiger partial charge on any atom is -0.493 e. The molecule has 11 heteroatoms. The Bertz CT molecular complexity index is 1460. The van der Waals surface area contributed by atoms with E-state index in [0.29, 0.717) is 43.0 Å². The van der Waals surface area contributed by atoms with Crippen molar-refractivity contribution < 1.29 is 31.1 Å². The molecule has 7 nitrogen and oxygen atoms in total. The van der Waals surface area contributed by atoms with Gasteiger partial charge in [0.1, 0.15) is 5.75 Å². The van der Waals surface area contributed by atoms with Gasteiger partial charge in [-0.2, -0.15) is 13.2 Å². The Morgan fingerprint density at radius 2 is 1.68 bits per heavy atom. The minimum absolute atomic E-state index is 0.0450. The molecule has 1 amide bonds. The molecule has 0 saturated heterocycles. The summed E-state index contributed by atoms with van der Waals surface area (Å²) in [5.74, 6) is 0.308. The van der Waals surface area contributed by atoms with E-state index >= 15 is 0 Å². The van der Waals surface area contributed by atoms with Gasteiger partial charge < -0.3 is 15.4 Å². The maximum absolute atomic E-state index is 13.2. The molecule has 2 atom stereocenters. The number of fused-ring (bicyclic) bond motifs is 1. The topological polar surface area (TPSA) is 96.5 Å². The van der Waals surface area contributed by atoms with Crippen LogP contribution in [0.25, 0.3) is 0 Å². The number of sulfonamides is 1. The number of hydrogen-bond acceptors (Lipinski definition) is 5. The Kier molecular flexibility index (Phi) is 9.10. The van der Waals surface area contributed by atoms with Crippen molar-refractivity contribution in [1.82, 2.24) is 15.4 Å². The number of nitrogens with one attached hydrogen (secondary N) is 3. The lowest BCUT2D eigenvalue weighted by Crippen LogP contribution is -2.37. The highest BCUT2D eigenvalue weighted by molar-refractivity contribution is 7.89. The Balaban J connectivity index is 1.49. The van der Waals surface area contributed by atoms with E-state index in [0.717, 1.165) is 23.3 Å². The third-order valence-electron chi connectivity index (χ3n) is 6.66. The van der Waals surface area contributed by atoms with E-state index < -0.39 is 27.8 Å². The van der Waals surface area contributed by atoms with E-state index in [2.05, 4.69) is 36.1 Å². The van der Waals surface area contributed by atoms with Crippen LogP contribution in [-0.2, 0) is 27.5 Å². The maximum Gasteiger partial charge on any atom is 0.416 e. The van der Waals surface area contributed by atoms with Crippen LogP contribution in [0, 0.1) is 0 Å². The minimum atomic E-state index is -4.59. The Morgan fingerprint density at radius 1 is 1.00 bits per heavy atom. The van der Waals surface area contributed by atoms with Crippen LogP contribution in [0.2, 0.25) is 0 Å². The van der Waals surface area contributed by atoms with Crippen molar-refractivity contribution in [2.75, 3.05) is 6.61 Å². The zero-order chi connectivity index (χ0) is 29.8. The van der Waals surface area contributed by atoms with Gasteiger partial charge in [-0.25, -0.2) is 13.1 Å². The monoisotopic (exact) mass is 589 g/mol. The van der Waals surface area contributed by atoms with Crippen LogP contribution in [0.5, 0.6) is 5.75 Å². The third-order valence-corrected chi connectivity index (χ3v) is 8.14. The molecule has 0 fully saturated rings. The summed E-state index contributed by atoms with van der Waals surface area (Å²) in [6.45, 7) is 7.32. The highest BCUT2D eigenvalue weighted by Crippen LogP contribution is 2.34. The number of rotatable bonds is 9. The van der Waals surface area contributed by atoms with Crippen LogP contribution in [0.15, 0.2) is 77.7 Å². The van der Waals surface area contributed by atoms with Crippen molar-refractivity contribution in [3.05, 3.63) is 95.1 Å². The van der Waals surface area contributed by atoms with E-state index in [1.807, 2.05) is 18.2 Å². The van der Waals surface area contributed by atoms with Gasteiger partial charge in [-0.3, -0.25) is 4.79 Å². The number of amides is 1. The molecule has 3 aromatic rings. The van der Waals surface area contributed by atoms with Gasteiger partial charge in [-0.1, -0.05) is 42.5 Å². The van der Waals surface area contributed by atoms with E-state index in [1.165, 1.54) is 0 Å². The molecule has 1 aliphatic rings. The van der Waals surface area contributed by atoms with Crippen molar-refractivity contribution >= 4 is 15.9 Å². The molecule has 0 spiro atoms. The molecule has 0 aromatic heterocycles. The van der Waals surface area contributed by atoms with E-state index in [4.69, 9.17) is 4.74 Å². The smallest absolute Gasteiger partial charge is 0.416 e. The average Bonchev–Trinajstić information content (AvgIpc) is 2.91. The lowest BCUT2D eigenvalue weighted by atomic mass is 9.97. The number of carbonyl (C=O) groups excluding carboxylic acids is 1. The summed E-state index contributed by atoms with van der Waals surface area (Å²) < 4.78 is 73.5. The van der Waals surface area contributed by atoms with Gasteiger partial charge in [0.15, 0.2) is 0 Å². The summed E-state index contributed by atoms with van der Waals surface area (Å²) in [4.78, 5) is 12.9. The summed E-state index contributed by atoms with van der Waals surface area (Å²) >= 11 is 0. The van der Waals surface area contributed by atoms with E-state index in [9.17, 15) is 26.4 Å². The maximum atomic E-state index is 13.2. The van der Waals surface area contributed by atoms with Gasteiger partial charge in [-0.05, 0) is 62.2 Å². The van der Waals surface area contributed by atoms with Crippen LogP contribution >= 0.6 is 0 Å². The van der Waals surface area contributed by atoms with Gasteiger partial charge in [0.25, 0.3) is 0 Å². The molecule has 41 heavy (non-hydrogen) atoms. The first-order valence-corrected chi connectivity index (χ1v) is 14.7. The van der Waals surface area contributed by atoms with Crippen molar-refractivity contribution in [1.29, 1.82) is 0 Å².